The lowest BCUT2D eigenvalue weighted by atomic mass is 10.7. The molecule has 0 heterocycles. The van der Waals surface area contributed by atoms with E-state index in [1.807, 2.05) is 0 Å². The van der Waals surface area contributed by atoms with E-state index >= 15 is 0 Å². The minimum absolute atomic E-state index is 1.17. The van der Waals surface area contributed by atoms with Crippen LogP contribution in [-0.4, -0.2) is 11.4 Å². The average molecular weight is 106 g/mol. The van der Waals surface area contributed by atoms with Crippen molar-refractivity contribution in [3.8, 4) is 0 Å². The second-order valence-electron chi connectivity index (χ2n) is 0.583. The van der Waals surface area contributed by atoms with Crippen molar-refractivity contribution in [2.45, 2.75) is 0 Å². The molecule has 0 radical (unpaired) electrons. The highest BCUT2D eigenvalue weighted by Crippen LogP contribution is 1.71. The van der Waals surface area contributed by atoms with Gasteiger partial charge in [-0.2, -0.15) is 0 Å². The Bertz CT molecular complexity index is 59.2. The molecule has 0 bridgehead atoms. The predicted octanol–water partition coefficient (Wildman–Crippen LogP) is 1.20. The Balaban J connectivity index is 3.07. The molecule has 0 rings (SSSR count). The van der Waals surface area contributed by atoms with Gasteiger partial charge in [0, 0.05) is 5.54 Å². The molecule has 0 aliphatic heterocycles. The Morgan fingerprint density at radius 2 is 2.33 bits per heavy atom. The standard InChI is InChI=1S/C3H4ClNO/c4-2-1-3-5-6/h1-3,6H/b2-1+,5-3+. The second-order valence-corrected chi connectivity index (χ2v) is 0.835. The number of halogens is 1. The van der Waals surface area contributed by atoms with Gasteiger partial charge in [-0.25, -0.2) is 0 Å². The summed E-state index contributed by atoms with van der Waals surface area (Å²) in [5.74, 6) is 0. The van der Waals surface area contributed by atoms with E-state index in [2.05, 4.69) is 5.16 Å². The molecular formula is C3H4ClNO. The lowest BCUT2D eigenvalue weighted by Crippen LogP contribution is -1.56. The van der Waals surface area contributed by atoms with Crippen LogP contribution in [0.2, 0.25) is 0 Å². The molecule has 0 unspecified atom stereocenters. The second kappa shape index (κ2) is 4.50. The van der Waals surface area contributed by atoms with E-state index in [1.165, 1.54) is 17.8 Å². The van der Waals surface area contributed by atoms with Gasteiger partial charge in [-0.3, -0.25) is 0 Å². The third-order valence-corrected chi connectivity index (χ3v) is 0.371. The van der Waals surface area contributed by atoms with Crippen LogP contribution >= 0.6 is 11.6 Å². The van der Waals surface area contributed by atoms with Crippen LogP contribution < -0.4 is 0 Å². The number of hydrogen-bond acceptors (Lipinski definition) is 2. The van der Waals surface area contributed by atoms with Crippen molar-refractivity contribution in [1.82, 2.24) is 0 Å². The normalized spacial score (nSPS) is 11.5. The maximum Gasteiger partial charge on any atom is 0.0670 e. The van der Waals surface area contributed by atoms with E-state index in [0.29, 0.717) is 0 Å². The first kappa shape index (κ1) is 5.50. The molecule has 0 aliphatic carbocycles. The lowest BCUT2D eigenvalue weighted by Gasteiger charge is -1.61. The summed E-state index contributed by atoms with van der Waals surface area (Å²) in [4.78, 5) is 0. The van der Waals surface area contributed by atoms with Crippen LogP contribution in [0.25, 0.3) is 0 Å². The zero-order chi connectivity index (χ0) is 4.83. The largest absolute Gasteiger partial charge is 0.411 e. The van der Waals surface area contributed by atoms with Crippen molar-refractivity contribution in [3.05, 3.63) is 11.6 Å². The van der Waals surface area contributed by atoms with Crippen LogP contribution in [-0.2, 0) is 0 Å². The number of rotatable bonds is 1. The van der Waals surface area contributed by atoms with E-state index in [1.54, 1.807) is 0 Å². The molecule has 34 valence electrons. The SMILES string of the molecule is O/N=C/C=C/Cl. The first-order valence-corrected chi connectivity index (χ1v) is 1.78. The summed E-state index contributed by atoms with van der Waals surface area (Å²) in [5.41, 5.74) is 1.25. The fourth-order valence-corrected chi connectivity index (χ4v) is 0.136. The monoisotopic (exact) mass is 105 g/mol. The molecule has 0 aliphatic rings. The van der Waals surface area contributed by atoms with Crippen molar-refractivity contribution in [1.29, 1.82) is 0 Å². The molecule has 0 saturated carbocycles. The molecular weight excluding hydrogens is 101 g/mol. The summed E-state index contributed by atoms with van der Waals surface area (Å²) in [6.45, 7) is 0. The zero-order valence-corrected chi connectivity index (χ0v) is 3.76. The summed E-state index contributed by atoms with van der Waals surface area (Å²) in [5, 5.41) is 10.3. The average Bonchev–Trinajstić information content (AvgIpc) is 1.61. The molecule has 6 heavy (non-hydrogen) atoms. The Morgan fingerprint density at radius 3 is 2.50 bits per heavy atom. The molecule has 3 heteroatoms. The van der Waals surface area contributed by atoms with E-state index < -0.39 is 0 Å². The third-order valence-electron chi connectivity index (χ3n) is 0.225. The van der Waals surface area contributed by atoms with Gasteiger partial charge in [0.25, 0.3) is 0 Å². The van der Waals surface area contributed by atoms with E-state index in [-0.39, 0.29) is 0 Å². The summed E-state index contributed by atoms with van der Waals surface area (Å²) >= 11 is 5.00. The number of oxime groups is 1. The van der Waals surface area contributed by atoms with Gasteiger partial charge in [-0.15, -0.1) is 0 Å². The van der Waals surface area contributed by atoms with E-state index in [4.69, 9.17) is 16.8 Å². The van der Waals surface area contributed by atoms with Gasteiger partial charge in [0.15, 0.2) is 0 Å². The third kappa shape index (κ3) is 3.50. The van der Waals surface area contributed by atoms with E-state index in [9.17, 15) is 0 Å². The minimum atomic E-state index is 1.17. The van der Waals surface area contributed by atoms with Gasteiger partial charge >= 0.3 is 0 Å². The van der Waals surface area contributed by atoms with Crippen molar-refractivity contribution in [2.24, 2.45) is 5.16 Å². The first-order chi connectivity index (χ1) is 2.91. The van der Waals surface area contributed by atoms with Gasteiger partial charge in [0.05, 0.1) is 6.21 Å². The predicted molar refractivity (Wildman–Crippen MR) is 25.3 cm³/mol. The highest BCUT2D eigenvalue weighted by molar-refractivity contribution is 6.26. The topological polar surface area (TPSA) is 32.6 Å². The molecule has 2 nitrogen and oxygen atoms in total. The van der Waals surface area contributed by atoms with Crippen LogP contribution in [0, 0.1) is 0 Å². The molecule has 0 amide bonds. The fourth-order valence-electron chi connectivity index (χ4n) is 0.0710. The number of nitrogens with zero attached hydrogens (tertiary/aromatic N) is 1. The lowest BCUT2D eigenvalue weighted by molar-refractivity contribution is 0.322. The highest BCUT2D eigenvalue weighted by atomic mass is 35.5. The van der Waals surface area contributed by atoms with Crippen LogP contribution in [0.3, 0.4) is 0 Å². The molecule has 0 saturated heterocycles. The summed E-state index contributed by atoms with van der Waals surface area (Å²) in [6, 6.07) is 0. The van der Waals surface area contributed by atoms with Crippen molar-refractivity contribution in [2.75, 3.05) is 0 Å². The van der Waals surface area contributed by atoms with Gasteiger partial charge in [-0.1, -0.05) is 16.8 Å². The summed E-state index contributed by atoms with van der Waals surface area (Å²) in [7, 11) is 0. The Hall–Kier alpha value is -0.500. The summed E-state index contributed by atoms with van der Waals surface area (Å²) in [6.07, 6.45) is 2.58. The molecule has 0 spiro atoms. The molecule has 0 aromatic heterocycles. The van der Waals surface area contributed by atoms with Crippen molar-refractivity contribution >= 4 is 17.8 Å². The van der Waals surface area contributed by atoms with Crippen LogP contribution in [0.5, 0.6) is 0 Å². The molecule has 0 atom stereocenters. The zero-order valence-electron chi connectivity index (χ0n) is 3.00. The molecule has 0 fully saturated rings. The highest BCUT2D eigenvalue weighted by Gasteiger charge is 1.53. The van der Waals surface area contributed by atoms with Gasteiger partial charge < -0.3 is 5.21 Å². The Morgan fingerprint density at radius 1 is 1.67 bits per heavy atom. The molecule has 1 N–H and O–H groups in total. The van der Waals surface area contributed by atoms with Gasteiger partial charge in [-0.05, 0) is 6.08 Å². The maximum atomic E-state index is 7.66. The minimum Gasteiger partial charge on any atom is -0.411 e. The number of allylic oxidation sites excluding steroid dienone is 1. The summed E-state index contributed by atoms with van der Waals surface area (Å²) < 4.78 is 0. The van der Waals surface area contributed by atoms with Gasteiger partial charge in [0.2, 0.25) is 0 Å². The fraction of sp³-hybridized carbons (Fsp3) is 0. The Kier molecular flexibility index (Phi) is 4.12. The quantitative estimate of drug-likeness (QED) is 0.303. The van der Waals surface area contributed by atoms with Crippen molar-refractivity contribution in [3.63, 3.8) is 0 Å². The van der Waals surface area contributed by atoms with Crippen LogP contribution in [0.4, 0.5) is 0 Å². The first-order valence-electron chi connectivity index (χ1n) is 1.34. The van der Waals surface area contributed by atoms with Gasteiger partial charge in [0.1, 0.15) is 0 Å². The van der Waals surface area contributed by atoms with Crippen LogP contribution in [0.1, 0.15) is 0 Å². The van der Waals surface area contributed by atoms with Crippen molar-refractivity contribution < 1.29 is 5.21 Å². The number of hydrogen-bond donors (Lipinski definition) is 1. The maximum absolute atomic E-state index is 7.66. The smallest absolute Gasteiger partial charge is 0.0670 e. The molecule has 0 aromatic carbocycles. The van der Waals surface area contributed by atoms with Crippen LogP contribution in [0.15, 0.2) is 16.8 Å². The molecule has 0 aromatic rings. The Labute approximate surface area is 40.7 Å². The van der Waals surface area contributed by atoms with E-state index in [0.717, 1.165) is 0 Å².